The molecule has 0 radical (unpaired) electrons. The SMILES string of the molecule is Cc1ccc2cccc(OCC(=O)c3ccn(C)c3)c2n1. The van der Waals surface area contributed by atoms with Crippen LogP contribution in [0.2, 0.25) is 0 Å². The number of hydrogen-bond acceptors (Lipinski definition) is 3. The predicted octanol–water partition coefficient (Wildman–Crippen LogP) is 3.14. The summed E-state index contributed by atoms with van der Waals surface area (Å²) < 4.78 is 7.52. The van der Waals surface area contributed by atoms with Crippen molar-refractivity contribution >= 4 is 16.7 Å². The van der Waals surface area contributed by atoms with E-state index in [1.54, 1.807) is 12.3 Å². The molecule has 0 atom stereocenters. The number of rotatable bonds is 4. The molecule has 1 aromatic carbocycles. The number of ether oxygens (including phenoxy) is 1. The Bertz CT molecular complexity index is 805. The van der Waals surface area contributed by atoms with Gasteiger partial charge in [0.05, 0.1) is 0 Å². The molecule has 0 aliphatic carbocycles. The van der Waals surface area contributed by atoms with Gasteiger partial charge in [-0.25, -0.2) is 4.98 Å². The second kappa shape index (κ2) is 5.40. The van der Waals surface area contributed by atoms with E-state index in [4.69, 9.17) is 4.74 Å². The fraction of sp³-hybridized carbons (Fsp3) is 0.176. The monoisotopic (exact) mass is 280 g/mol. The maximum absolute atomic E-state index is 12.1. The van der Waals surface area contributed by atoms with Crippen molar-refractivity contribution in [3.05, 3.63) is 60.0 Å². The minimum atomic E-state index is -0.0414. The lowest BCUT2D eigenvalue weighted by atomic mass is 10.2. The Morgan fingerprint density at radius 2 is 2.10 bits per heavy atom. The average molecular weight is 280 g/mol. The first kappa shape index (κ1) is 13.4. The molecule has 0 saturated heterocycles. The molecule has 2 heterocycles. The highest BCUT2D eigenvalue weighted by Gasteiger charge is 2.10. The molecule has 0 aliphatic rings. The molecule has 4 nitrogen and oxygen atoms in total. The van der Waals surface area contributed by atoms with Crippen molar-refractivity contribution in [2.24, 2.45) is 7.05 Å². The van der Waals surface area contributed by atoms with Crippen LogP contribution in [0.15, 0.2) is 48.8 Å². The molecule has 0 bridgehead atoms. The van der Waals surface area contributed by atoms with Gasteiger partial charge in [0.25, 0.3) is 0 Å². The van der Waals surface area contributed by atoms with Crippen molar-refractivity contribution in [2.45, 2.75) is 6.92 Å². The number of carbonyl (C=O) groups is 1. The number of carbonyl (C=O) groups excluding carboxylic acids is 1. The summed E-state index contributed by atoms with van der Waals surface area (Å²) in [5.74, 6) is 0.598. The van der Waals surface area contributed by atoms with Crippen molar-refractivity contribution in [1.29, 1.82) is 0 Å². The fourth-order valence-electron chi connectivity index (χ4n) is 2.23. The summed E-state index contributed by atoms with van der Waals surface area (Å²) in [6, 6.07) is 11.5. The van der Waals surface area contributed by atoms with Crippen LogP contribution >= 0.6 is 0 Å². The molecule has 4 heteroatoms. The number of nitrogens with zero attached hydrogens (tertiary/aromatic N) is 2. The van der Waals surface area contributed by atoms with Gasteiger partial charge < -0.3 is 9.30 Å². The van der Waals surface area contributed by atoms with Gasteiger partial charge in [-0.2, -0.15) is 0 Å². The van der Waals surface area contributed by atoms with E-state index < -0.39 is 0 Å². The topological polar surface area (TPSA) is 44.1 Å². The number of benzene rings is 1. The lowest BCUT2D eigenvalue weighted by molar-refractivity contribution is 0.0922. The van der Waals surface area contributed by atoms with E-state index in [1.807, 2.05) is 55.1 Å². The Hall–Kier alpha value is -2.62. The van der Waals surface area contributed by atoms with E-state index in [9.17, 15) is 4.79 Å². The standard InChI is InChI=1S/C17H16N2O2/c1-12-6-7-13-4-3-5-16(17(13)18-12)21-11-15(20)14-8-9-19(2)10-14/h3-10H,11H2,1-2H3. The van der Waals surface area contributed by atoms with Gasteiger partial charge in [0.1, 0.15) is 11.3 Å². The number of fused-ring (bicyclic) bond motifs is 1. The zero-order chi connectivity index (χ0) is 14.8. The zero-order valence-electron chi connectivity index (χ0n) is 12.0. The second-order valence-corrected chi connectivity index (χ2v) is 5.06. The molecule has 0 unspecified atom stereocenters. The van der Waals surface area contributed by atoms with E-state index >= 15 is 0 Å². The molecule has 106 valence electrons. The Balaban J connectivity index is 1.82. The lowest BCUT2D eigenvalue weighted by Crippen LogP contribution is -2.11. The van der Waals surface area contributed by atoms with Crippen LogP contribution in [0.4, 0.5) is 0 Å². The highest BCUT2D eigenvalue weighted by Crippen LogP contribution is 2.24. The van der Waals surface area contributed by atoms with Crippen LogP contribution in [0, 0.1) is 6.92 Å². The molecule has 0 N–H and O–H groups in total. The Labute approximate surface area is 123 Å². The van der Waals surface area contributed by atoms with Crippen molar-refractivity contribution in [2.75, 3.05) is 6.61 Å². The number of aromatic nitrogens is 2. The van der Waals surface area contributed by atoms with E-state index in [0.29, 0.717) is 11.3 Å². The quantitative estimate of drug-likeness (QED) is 0.690. The third-order valence-corrected chi connectivity index (χ3v) is 3.34. The van der Waals surface area contributed by atoms with Gasteiger partial charge in [-0.1, -0.05) is 18.2 Å². The highest BCUT2D eigenvalue weighted by atomic mass is 16.5. The van der Waals surface area contributed by atoms with Gasteiger partial charge in [0, 0.05) is 36.1 Å². The number of Topliss-reactive ketones (excluding diaryl/α,β-unsaturated/α-hetero) is 1. The Morgan fingerprint density at radius 1 is 1.24 bits per heavy atom. The van der Waals surface area contributed by atoms with Crippen LogP contribution in [-0.2, 0) is 7.05 Å². The van der Waals surface area contributed by atoms with Crippen molar-refractivity contribution in [3.8, 4) is 5.75 Å². The normalized spacial score (nSPS) is 10.8. The summed E-state index contributed by atoms with van der Waals surface area (Å²) in [5, 5.41) is 1.00. The summed E-state index contributed by atoms with van der Waals surface area (Å²) in [7, 11) is 1.88. The lowest BCUT2D eigenvalue weighted by Gasteiger charge is -2.08. The summed E-state index contributed by atoms with van der Waals surface area (Å²) >= 11 is 0. The maximum atomic E-state index is 12.1. The third-order valence-electron chi connectivity index (χ3n) is 3.34. The molecule has 0 aliphatic heterocycles. The largest absolute Gasteiger partial charge is 0.483 e. The van der Waals surface area contributed by atoms with Gasteiger partial charge >= 0.3 is 0 Å². The molecular weight excluding hydrogens is 264 g/mol. The van der Waals surface area contributed by atoms with Gasteiger partial charge in [-0.05, 0) is 25.1 Å². The molecule has 0 fully saturated rings. The van der Waals surface area contributed by atoms with Crippen molar-refractivity contribution < 1.29 is 9.53 Å². The van der Waals surface area contributed by atoms with E-state index in [0.717, 1.165) is 16.6 Å². The Kier molecular flexibility index (Phi) is 3.44. The van der Waals surface area contributed by atoms with E-state index in [-0.39, 0.29) is 12.4 Å². The van der Waals surface area contributed by atoms with Crippen LogP contribution in [0.5, 0.6) is 5.75 Å². The third kappa shape index (κ3) is 2.79. The van der Waals surface area contributed by atoms with Crippen molar-refractivity contribution in [1.82, 2.24) is 9.55 Å². The molecule has 21 heavy (non-hydrogen) atoms. The average Bonchev–Trinajstić information content (AvgIpc) is 2.91. The second-order valence-electron chi connectivity index (χ2n) is 5.06. The first-order valence-corrected chi connectivity index (χ1v) is 6.78. The molecule has 3 rings (SSSR count). The van der Waals surface area contributed by atoms with Gasteiger partial charge in [-0.15, -0.1) is 0 Å². The van der Waals surface area contributed by atoms with Crippen LogP contribution in [-0.4, -0.2) is 21.9 Å². The molecule has 0 spiro atoms. The first-order valence-electron chi connectivity index (χ1n) is 6.78. The minimum absolute atomic E-state index is 0.0126. The molecule has 2 aromatic heterocycles. The minimum Gasteiger partial charge on any atom is -0.483 e. The number of hydrogen-bond donors (Lipinski definition) is 0. The van der Waals surface area contributed by atoms with Gasteiger partial charge in [-0.3, -0.25) is 4.79 Å². The van der Waals surface area contributed by atoms with Crippen molar-refractivity contribution in [3.63, 3.8) is 0 Å². The molecule has 0 amide bonds. The maximum Gasteiger partial charge on any atom is 0.201 e. The van der Waals surface area contributed by atoms with Crippen LogP contribution in [0.3, 0.4) is 0 Å². The van der Waals surface area contributed by atoms with Crippen LogP contribution < -0.4 is 4.74 Å². The van der Waals surface area contributed by atoms with E-state index in [2.05, 4.69) is 4.98 Å². The van der Waals surface area contributed by atoms with Gasteiger partial charge in [0.2, 0.25) is 5.78 Å². The molecule has 3 aromatic rings. The smallest absolute Gasteiger partial charge is 0.201 e. The predicted molar refractivity (Wildman–Crippen MR) is 81.7 cm³/mol. The first-order chi connectivity index (χ1) is 10.1. The number of para-hydroxylation sites is 1. The number of aryl methyl sites for hydroxylation is 2. The number of pyridine rings is 1. The summed E-state index contributed by atoms with van der Waals surface area (Å²) in [4.78, 5) is 16.6. The highest BCUT2D eigenvalue weighted by molar-refractivity contribution is 5.97. The summed E-state index contributed by atoms with van der Waals surface area (Å²) in [6.45, 7) is 1.95. The van der Waals surface area contributed by atoms with Gasteiger partial charge in [0.15, 0.2) is 6.61 Å². The zero-order valence-corrected chi connectivity index (χ0v) is 12.0. The van der Waals surface area contributed by atoms with E-state index in [1.165, 1.54) is 0 Å². The molecular formula is C17H16N2O2. The Morgan fingerprint density at radius 3 is 2.86 bits per heavy atom. The number of ketones is 1. The molecule has 0 saturated carbocycles. The van der Waals surface area contributed by atoms with Crippen LogP contribution in [0.1, 0.15) is 16.1 Å². The summed E-state index contributed by atoms with van der Waals surface area (Å²) in [5.41, 5.74) is 2.37. The fourth-order valence-corrected chi connectivity index (χ4v) is 2.23. The summed E-state index contributed by atoms with van der Waals surface area (Å²) in [6.07, 6.45) is 3.63. The van der Waals surface area contributed by atoms with Crippen LogP contribution in [0.25, 0.3) is 10.9 Å².